The summed E-state index contributed by atoms with van der Waals surface area (Å²) < 4.78 is 10.9. The minimum atomic E-state index is -1.16. The number of nitrogens with zero attached hydrogens (tertiary/aromatic N) is 3. The van der Waals surface area contributed by atoms with E-state index in [2.05, 4.69) is 0 Å². The largest absolute Gasteiger partial charge is 0.444 e. The molecule has 0 radical (unpaired) electrons. The van der Waals surface area contributed by atoms with Crippen molar-refractivity contribution < 1.29 is 24.0 Å². The number of hydrogen-bond donors (Lipinski definition) is 0. The molecule has 0 bridgehead atoms. The lowest BCUT2D eigenvalue weighted by Crippen LogP contribution is -2.44. The third kappa shape index (κ3) is 4.74. The van der Waals surface area contributed by atoms with Crippen LogP contribution in [0.15, 0.2) is 48.5 Å². The maximum absolute atomic E-state index is 13.1. The molecule has 1 saturated heterocycles. The van der Waals surface area contributed by atoms with Gasteiger partial charge in [0.1, 0.15) is 0 Å². The van der Waals surface area contributed by atoms with Gasteiger partial charge in [-0.05, 0) is 6.07 Å². The average Bonchev–Trinajstić information content (AvgIpc) is 2.77. The van der Waals surface area contributed by atoms with Gasteiger partial charge in [0.15, 0.2) is 0 Å². The maximum atomic E-state index is 13.1. The molecule has 158 valence electrons. The van der Waals surface area contributed by atoms with Crippen molar-refractivity contribution in [1.82, 2.24) is 4.90 Å². The fourth-order valence-electron chi connectivity index (χ4n) is 3.20. The molecule has 30 heavy (non-hydrogen) atoms. The van der Waals surface area contributed by atoms with Crippen LogP contribution in [0.25, 0.3) is 0 Å². The maximum Gasteiger partial charge on any atom is 0.341 e. The summed E-state index contributed by atoms with van der Waals surface area (Å²) in [4.78, 5) is 40.0. The topological polar surface area (TPSA) is 102 Å². The van der Waals surface area contributed by atoms with Crippen LogP contribution in [0.5, 0.6) is 0 Å². The molecule has 0 saturated carbocycles. The van der Waals surface area contributed by atoms with E-state index in [4.69, 9.17) is 9.47 Å². The number of benzene rings is 2. The van der Waals surface area contributed by atoms with E-state index in [9.17, 15) is 19.7 Å². The van der Waals surface area contributed by atoms with Crippen LogP contribution in [0.3, 0.4) is 0 Å². The van der Waals surface area contributed by atoms with Crippen molar-refractivity contribution >= 4 is 23.3 Å². The first-order chi connectivity index (χ1) is 14.4. The van der Waals surface area contributed by atoms with Gasteiger partial charge in [0.25, 0.3) is 11.6 Å². The summed E-state index contributed by atoms with van der Waals surface area (Å²) in [6.07, 6.45) is -1.16. The number of hydrogen-bond acceptors (Lipinski definition) is 7. The summed E-state index contributed by atoms with van der Waals surface area (Å²) in [5.74, 6) is -1.16. The normalized spacial score (nSPS) is 14.7. The second kappa shape index (κ2) is 9.36. The van der Waals surface area contributed by atoms with Gasteiger partial charge in [-0.1, -0.05) is 30.3 Å². The highest BCUT2D eigenvalue weighted by molar-refractivity contribution is 5.98. The van der Waals surface area contributed by atoms with Crippen LogP contribution in [0, 0.1) is 10.1 Å². The molecule has 1 amide bonds. The molecule has 1 heterocycles. The Morgan fingerprint density at radius 2 is 1.80 bits per heavy atom. The number of esters is 1. The molecule has 1 aliphatic heterocycles. The summed E-state index contributed by atoms with van der Waals surface area (Å²) in [5, 5.41) is 11.2. The van der Waals surface area contributed by atoms with Crippen LogP contribution in [0.2, 0.25) is 0 Å². The Morgan fingerprint density at radius 3 is 2.40 bits per heavy atom. The van der Waals surface area contributed by atoms with Crippen molar-refractivity contribution in [3.8, 4) is 0 Å². The second-order valence-electron chi connectivity index (χ2n) is 6.99. The van der Waals surface area contributed by atoms with Crippen molar-refractivity contribution in [1.29, 1.82) is 0 Å². The summed E-state index contributed by atoms with van der Waals surface area (Å²) in [7, 11) is 3.43. The Hall–Kier alpha value is -3.46. The van der Waals surface area contributed by atoms with E-state index in [-0.39, 0.29) is 17.2 Å². The Balaban J connectivity index is 1.94. The van der Waals surface area contributed by atoms with Crippen molar-refractivity contribution in [2.24, 2.45) is 0 Å². The smallest absolute Gasteiger partial charge is 0.341 e. The Labute approximate surface area is 173 Å². The van der Waals surface area contributed by atoms with Gasteiger partial charge in [0, 0.05) is 44.9 Å². The summed E-state index contributed by atoms with van der Waals surface area (Å²) in [5.41, 5.74) is 0.767. The summed E-state index contributed by atoms with van der Waals surface area (Å²) in [6.45, 7) is 1.63. The zero-order chi connectivity index (χ0) is 21.7. The molecule has 1 atom stereocenters. The van der Waals surface area contributed by atoms with Crippen LogP contribution in [-0.2, 0) is 14.3 Å². The zero-order valence-electron chi connectivity index (χ0n) is 16.8. The molecule has 9 nitrogen and oxygen atoms in total. The molecule has 0 unspecified atom stereocenters. The Kier molecular flexibility index (Phi) is 6.63. The molecular formula is C21H23N3O6. The van der Waals surface area contributed by atoms with Crippen LogP contribution in [-0.4, -0.2) is 62.1 Å². The summed E-state index contributed by atoms with van der Waals surface area (Å²) in [6, 6.07) is 12.7. The van der Waals surface area contributed by atoms with Crippen LogP contribution in [0.4, 0.5) is 11.4 Å². The predicted molar refractivity (Wildman–Crippen MR) is 109 cm³/mol. The van der Waals surface area contributed by atoms with Gasteiger partial charge in [-0.15, -0.1) is 0 Å². The van der Waals surface area contributed by atoms with Crippen LogP contribution < -0.4 is 4.90 Å². The number of carbonyl (C=O) groups is 2. The van der Waals surface area contributed by atoms with E-state index >= 15 is 0 Å². The van der Waals surface area contributed by atoms with Gasteiger partial charge < -0.3 is 19.3 Å². The fourth-order valence-corrected chi connectivity index (χ4v) is 3.20. The number of morpholine rings is 1. The minimum Gasteiger partial charge on any atom is -0.444 e. The molecule has 0 aromatic heterocycles. The molecule has 0 N–H and O–H groups in total. The lowest BCUT2D eigenvalue weighted by atomic mass is 10.1. The first-order valence-corrected chi connectivity index (χ1v) is 9.46. The Morgan fingerprint density at radius 1 is 1.13 bits per heavy atom. The highest BCUT2D eigenvalue weighted by atomic mass is 16.6. The lowest BCUT2D eigenvalue weighted by molar-refractivity contribution is -0.384. The van der Waals surface area contributed by atoms with Gasteiger partial charge in [-0.25, -0.2) is 4.79 Å². The minimum absolute atomic E-state index is 0.0184. The van der Waals surface area contributed by atoms with Gasteiger partial charge in [-0.2, -0.15) is 0 Å². The molecule has 1 fully saturated rings. The molecule has 1 aliphatic rings. The van der Waals surface area contributed by atoms with Gasteiger partial charge in [-0.3, -0.25) is 14.9 Å². The first-order valence-electron chi connectivity index (χ1n) is 9.46. The number of non-ortho nitro benzene ring substituents is 1. The molecule has 3 rings (SSSR count). The third-order valence-corrected chi connectivity index (χ3v) is 4.77. The standard InChI is InChI=1S/C21H23N3O6/c1-22(2)18-9-8-16(24(27)28)14-17(18)21(26)30-19(15-6-4-3-5-7-15)20(25)23-10-12-29-13-11-23/h3-9,14,19H,10-13H2,1-2H3/t19-/m1/s1. The van der Waals surface area contributed by atoms with E-state index in [0.29, 0.717) is 37.6 Å². The number of nitro benzene ring substituents is 1. The molecule has 0 spiro atoms. The van der Waals surface area contributed by atoms with E-state index in [1.54, 1.807) is 54.2 Å². The summed E-state index contributed by atoms with van der Waals surface area (Å²) >= 11 is 0. The quantitative estimate of drug-likeness (QED) is 0.407. The molecular weight excluding hydrogens is 390 g/mol. The molecule has 2 aromatic rings. The zero-order valence-corrected chi connectivity index (χ0v) is 16.8. The fraction of sp³-hybridized carbons (Fsp3) is 0.333. The monoisotopic (exact) mass is 413 g/mol. The van der Waals surface area contributed by atoms with E-state index in [1.165, 1.54) is 18.2 Å². The van der Waals surface area contributed by atoms with E-state index in [1.807, 2.05) is 0 Å². The van der Waals surface area contributed by atoms with Crippen LogP contribution >= 0.6 is 0 Å². The highest BCUT2D eigenvalue weighted by Crippen LogP contribution is 2.28. The Bertz CT molecular complexity index is 926. The number of carbonyl (C=O) groups excluding carboxylic acids is 2. The predicted octanol–water partition coefficient (Wildman–Crippen LogP) is 2.42. The van der Waals surface area contributed by atoms with Crippen molar-refractivity contribution in [3.63, 3.8) is 0 Å². The van der Waals surface area contributed by atoms with Crippen molar-refractivity contribution in [3.05, 3.63) is 69.8 Å². The second-order valence-corrected chi connectivity index (χ2v) is 6.99. The van der Waals surface area contributed by atoms with Crippen molar-refractivity contribution in [2.75, 3.05) is 45.3 Å². The SMILES string of the molecule is CN(C)c1ccc([N+](=O)[O-])cc1C(=O)O[C@@H](C(=O)N1CCOCC1)c1ccccc1. The average molecular weight is 413 g/mol. The number of rotatable bonds is 6. The van der Waals surface area contributed by atoms with Crippen molar-refractivity contribution in [2.45, 2.75) is 6.10 Å². The molecule has 2 aromatic carbocycles. The van der Waals surface area contributed by atoms with E-state index in [0.717, 1.165) is 0 Å². The first kappa shape index (κ1) is 21.3. The lowest BCUT2D eigenvalue weighted by Gasteiger charge is -2.30. The van der Waals surface area contributed by atoms with E-state index < -0.39 is 17.0 Å². The van der Waals surface area contributed by atoms with Gasteiger partial charge in [0.05, 0.1) is 29.4 Å². The number of amides is 1. The highest BCUT2D eigenvalue weighted by Gasteiger charge is 2.32. The molecule has 9 heteroatoms. The number of anilines is 1. The van der Waals surface area contributed by atoms with Gasteiger partial charge >= 0.3 is 5.97 Å². The van der Waals surface area contributed by atoms with Crippen LogP contribution in [0.1, 0.15) is 22.0 Å². The number of ether oxygens (including phenoxy) is 2. The molecule has 0 aliphatic carbocycles. The third-order valence-electron chi connectivity index (χ3n) is 4.77. The number of nitro groups is 1. The van der Waals surface area contributed by atoms with Gasteiger partial charge in [0.2, 0.25) is 6.10 Å².